The second-order valence-electron chi connectivity index (χ2n) is 12.8. The Bertz CT molecular complexity index is 1110. The Labute approximate surface area is 225 Å². The van der Waals surface area contributed by atoms with Gasteiger partial charge in [0.15, 0.2) is 0 Å². The van der Waals surface area contributed by atoms with Crippen LogP contribution in [0.5, 0.6) is 0 Å². The van der Waals surface area contributed by atoms with Crippen LogP contribution < -0.4 is 0 Å². The van der Waals surface area contributed by atoms with Crippen LogP contribution in [0.2, 0.25) is 0 Å². The van der Waals surface area contributed by atoms with E-state index in [0.717, 1.165) is 24.0 Å². The molecule has 0 aromatic rings. The lowest BCUT2D eigenvalue weighted by Gasteiger charge is -2.66. The third-order valence-electron chi connectivity index (χ3n) is 11.2. The summed E-state index contributed by atoms with van der Waals surface area (Å²) < 4.78 is 11.7. The van der Waals surface area contributed by atoms with Gasteiger partial charge >= 0.3 is 11.9 Å². The van der Waals surface area contributed by atoms with E-state index in [1.54, 1.807) is 6.92 Å². The van der Waals surface area contributed by atoms with Crippen molar-refractivity contribution < 1.29 is 29.3 Å². The minimum absolute atomic E-state index is 0.0536. The second-order valence-corrected chi connectivity index (χ2v) is 13.5. The Hall–Kier alpha value is -1.63. The van der Waals surface area contributed by atoms with Crippen LogP contribution in [0.1, 0.15) is 80.1 Å². The number of alkyl halides is 1. The monoisotopic (exact) mass is 532 g/mol. The topological polar surface area (TPSA) is 93.1 Å². The molecular formula is C30H41ClO6. The molecule has 0 aromatic carbocycles. The van der Waals surface area contributed by atoms with E-state index in [-0.39, 0.29) is 29.8 Å². The first-order chi connectivity index (χ1) is 17.2. The van der Waals surface area contributed by atoms with Crippen LogP contribution in [0.15, 0.2) is 34.9 Å². The molecular weight excluding hydrogens is 492 g/mol. The fraction of sp³-hybridized carbons (Fsp3) is 0.733. The maximum Gasteiger partial charge on any atom is 0.333 e. The van der Waals surface area contributed by atoms with Crippen molar-refractivity contribution in [3.63, 3.8) is 0 Å². The average Bonchev–Trinajstić information content (AvgIpc) is 3.05. The number of aliphatic hydroxyl groups excluding tert-OH is 1. The van der Waals surface area contributed by atoms with Gasteiger partial charge in [0.25, 0.3) is 0 Å². The van der Waals surface area contributed by atoms with Crippen molar-refractivity contribution in [3.05, 3.63) is 34.9 Å². The summed E-state index contributed by atoms with van der Waals surface area (Å²) in [5.74, 6) is -1.19. The molecule has 1 aliphatic heterocycles. The number of halogens is 1. The Morgan fingerprint density at radius 2 is 1.89 bits per heavy atom. The lowest BCUT2D eigenvalue weighted by molar-refractivity contribution is -0.238. The van der Waals surface area contributed by atoms with E-state index < -0.39 is 39.5 Å². The van der Waals surface area contributed by atoms with Gasteiger partial charge in [-0.1, -0.05) is 44.1 Å². The molecule has 6 nitrogen and oxygen atoms in total. The molecule has 0 unspecified atom stereocenters. The lowest BCUT2D eigenvalue weighted by atomic mass is 9.42. The van der Waals surface area contributed by atoms with Crippen LogP contribution >= 0.6 is 11.6 Å². The first-order valence-electron chi connectivity index (χ1n) is 13.7. The SMILES string of the molecule is CC(=O)O[C@H]1C=C([C@H](C)[C@H]2CC(C)=C(C)C(=O)O2)[C@@]2(C)CC[C@H]3[C@@H](C[C@@H](O)[C@]4(Cl)CC=CC[C@]34C)[C@]12O. The van der Waals surface area contributed by atoms with Gasteiger partial charge in [-0.3, -0.25) is 4.79 Å². The summed E-state index contributed by atoms with van der Waals surface area (Å²) in [6, 6.07) is 0. The van der Waals surface area contributed by atoms with Gasteiger partial charge in [0, 0.05) is 30.3 Å². The minimum Gasteiger partial charge on any atom is -0.458 e. The molecule has 0 saturated heterocycles. The van der Waals surface area contributed by atoms with Crippen molar-refractivity contribution in [1.82, 2.24) is 0 Å². The van der Waals surface area contributed by atoms with Gasteiger partial charge in [-0.25, -0.2) is 4.79 Å². The number of esters is 2. The molecule has 5 rings (SSSR count). The smallest absolute Gasteiger partial charge is 0.333 e. The predicted octanol–water partition coefficient (Wildman–Crippen LogP) is 5.01. The van der Waals surface area contributed by atoms with E-state index in [1.807, 2.05) is 19.9 Å². The van der Waals surface area contributed by atoms with Crippen molar-refractivity contribution in [2.45, 2.75) is 109 Å². The van der Waals surface area contributed by atoms with Gasteiger partial charge in [-0.05, 0) is 69.3 Å². The molecule has 0 bridgehead atoms. The zero-order valence-electron chi connectivity index (χ0n) is 22.8. The Balaban J connectivity index is 1.57. The molecule has 5 aliphatic rings. The summed E-state index contributed by atoms with van der Waals surface area (Å²) >= 11 is 7.22. The summed E-state index contributed by atoms with van der Waals surface area (Å²) in [5.41, 5.74) is 0.108. The predicted molar refractivity (Wildman–Crippen MR) is 141 cm³/mol. The Morgan fingerprint density at radius 1 is 1.22 bits per heavy atom. The largest absolute Gasteiger partial charge is 0.458 e. The molecule has 37 heavy (non-hydrogen) atoms. The third kappa shape index (κ3) is 3.50. The van der Waals surface area contributed by atoms with Crippen LogP contribution in [0.3, 0.4) is 0 Å². The molecule has 1 heterocycles. The fourth-order valence-corrected chi connectivity index (χ4v) is 9.16. The number of hydrogen-bond donors (Lipinski definition) is 2. The molecule has 2 N–H and O–H groups in total. The number of ether oxygens (including phenoxy) is 2. The molecule has 2 saturated carbocycles. The van der Waals surface area contributed by atoms with Crippen LogP contribution in [-0.2, 0) is 19.1 Å². The Kier molecular flexibility index (Phi) is 6.33. The number of rotatable bonds is 3. The number of aliphatic hydroxyl groups is 2. The van der Waals surface area contributed by atoms with Crippen LogP contribution in [0.4, 0.5) is 0 Å². The molecule has 0 aromatic heterocycles. The molecule has 2 fully saturated rings. The summed E-state index contributed by atoms with van der Waals surface area (Å²) in [4.78, 5) is 24.0. The third-order valence-corrected chi connectivity index (χ3v) is 12.1. The van der Waals surface area contributed by atoms with Gasteiger partial charge in [0.1, 0.15) is 17.8 Å². The number of carbonyl (C=O) groups is 2. The highest BCUT2D eigenvalue weighted by Crippen LogP contribution is 2.70. The fourth-order valence-electron chi connectivity index (χ4n) is 8.76. The van der Waals surface area contributed by atoms with Crippen LogP contribution in [-0.4, -0.2) is 50.9 Å². The zero-order chi connectivity index (χ0) is 27.1. The van der Waals surface area contributed by atoms with Gasteiger partial charge < -0.3 is 19.7 Å². The minimum atomic E-state index is -1.41. The van der Waals surface area contributed by atoms with Gasteiger partial charge in [-0.15, -0.1) is 11.6 Å². The molecule has 7 heteroatoms. The van der Waals surface area contributed by atoms with Gasteiger partial charge in [0.05, 0.1) is 11.0 Å². The highest BCUT2D eigenvalue weighted by atomic mass is 35.5. The molecule has 10 atom stereocenters. The van der Waals surface area contributed by atoms with Crippen molar-refractivity contribution in [1.29, 1.82) is 0 Å². The van der Waals surface area contributed by atoms with Gasteiger partial charge in [-0.2, -0.15) is 0 Å². The summed E-state index contributed by atoms with van der Waals surface area (Å²) in [6.45, 7) is 11.4. The highest BCUT2D eigenvalue weighted by Gasteiger charge is 2.73. The number of allylic oxidation sites excluding steroid dienone is 2. The molecule has 204 valence electrons. The number of fused-ring (bicyclic) bond motifs is 5. The van der Waals surface area contributed by atoms with Crippen molar-refractivity contribution >= 4 is 23.5 Å². The maximum absolute atomic E-state index is 12.8. The molecule has 0 spiro atoms. The summed E-state index contributed by atoms with van der Waals surface area (Å²) in [5, 5.41) is 24.3. The normalized spacial score (nSPS) is 47.9. The molecule has 0 amide bonds. The first kappa shape index (κ1) is 27.0. The second kappa shape index (κ2) is 8.69. The first-order valence-corrected chi connectivity index (χ1v) is 14.1. The molecule has 0 radical (unpaired) electrons. The maximum atomic E-state index is 12.8. The highest BCUT2D eigenvalue weighted by molar-refractivity contribution is 6.25. The van der Waals surface area contributed by atoms with E-state index in [1.165, 1.54) is 6.92 Å². The Morgan fingerprint density at radius 3 is 2.54 bits per heavy atom. The number of carbonyl (C=O) groups excluding carboxylic acids is 2. The lowest BCUT2D eigenvalue weighted by Crippen LogP contribution is -2.71. The zero-order valence-corrected chi connectivity index (χ0v) is 23.6. The van der Waals surface area contributed by atoms with E-state index in [0.29, 0.717) is 31.3 Å². The van der Waals surface area contributed by atoms with E-state index in [2.05, 4.69) is 26.0 Å². The van der Waals surface area contributed by atoms with E-state index in [4.69, 9.17) is 21.1 Å². The van der Waals surface area contributed by atoms with Gasteiger partial charge in [0.2, 0.25) is 0 Å². The van der Waals surface area contributed by atoms with Crippen molar-refractivity contribution in [2.75, 3.05) is 0 Å². The van der Waals surface area contributed by atoms with Crippen LogP contribution in [0, 0.1) is 28.6 Å². The summed E-state index contributed by atoms with van der Waals surface area (Å²) in [6.07, 6.45) is 7.95. The number of cyclic esters (lactones) is 1. The average molecular weight is 533 g/mol. The van der Waals surface area contributed by atoms with E-state index in [9.17, 15) is 19.8 Å². The molecule has 4 aliphatic carbocycles. The summed E-state index contributed by atoms with van der Waals surface area (Å²) in [7, 11) is 0. The standard InChI is InChI=1S/C30H41ClO6/c1-16-13-23(37-26(34)17(16)2)18(3)21-15-25(36-19(4)32)30(35)22-14-24(33)29(31)11-8-7-10-27(29,5)20(22)9-12-28(21,30)6/h7-8,15,18,20,22-25,33,35H,9-14H2,1-6H3/t18-,20-,22+,23+,24+,25-,27+,28+,29+,30-/m0/s1. The number of hydrogen-bond acceptors (Lipinski definition) is 6. The van der Waals surface area contributed by atoms with Crippen molar-refractivity contribution in [3.8, 4) is 0 Å². The van der Waals surface area contributed by atoms with E-state index >= 15 is 0 Å². The van der Waals surface area contributed by atoms with Crippen molar-refractivity contribution in [2.24, 2.45) is 28.6 Å². The van der Waals surface area contributed by atoms with Crippen LogP contribution in [0.25, 0.3) is 0 Å². The quantitative estimate of drug-likeness (QED) is 0.301.